The van der Waals surface area contributed by atoms with Crippen molar-refractivity contribution in [1.82, 2.24) is 0 Å². The van der Waals surface area contributed by atoms with Gasteiger partial charge >= 0.3 is 0 Å². The lowest BCUT2D eigenvalue weighted by molar-refractivity contribution is -0.117. The van der Waals surface area contributed by atoms with Gasteiger partial charge < -0.3 is 0 Å². The SMILES string of the molecule is CCCC1CC(=O)C(C)=C(C)C1. The summed E-state index contributed by atoms with van der Waals surface area (Å²) in [6, 6.07) is 0. The van der Waals surface area contributed by atoms with Gasteiger partial charge in [0, 0.05) is 6.42 Å². The fourth-order valence-electron chi connectivity index (χ4n) is 1.92. The Labute approximate surface area is 74.9 Å². The zero-order valence-electron chi connectivity index (χ0n) is 8.31. The summed E-state index contributed by atoms with van der Waals surface area (Å²) in [6.45, 7) is 6.24. The predicted octanol–water partition coefficient (Wildman–Crippen LogP) is 3.10. The van der Waals surface area contributed by atoms with E-state index in [2.05, 4.69) is 13.8 Å². The van der Waals surface area contributed by atoms with Crippen LogP contribution in [0.15, 0.2) is 11.1 Å². The first kappa shape index (κ1) is 9.50. The van der Waals surface area contributed by atoms with Gasteiger partial charge in [0.15, 0.2) is 5.78 Å². The fourth-order valence-corrected chi connectivity index (χ4v) is 1.92. The zero-order chi connectivity index (χ0) is 9.14. The Morgan fingerprint density at radius 1 is 1.33 bits per heavy atom. The molecule has 0 saturated carbocycles. The molecule has 0 spiro atoms. The lowest BCUT2D eigenvalue weighted by Gasteiger charge is -2.22. The number of hydrogen-bond acceptors (Lipinski definition) is 1. The minimum atomic E-state index is 0.372. The molecule has 0 aromatic rings. The van der Waals surface area contributed by atoms with Crippen LogP contribution in [-0.2, 0) is 4.79 Å². The molecule has 0 amide bonds. The minimum absolute atomic E-state index is 0.372. The molecular weight excluding hydrogens is 148 g/mol. The standard InChI is InChI=1S/C11H18O/c1-4-5-10-6-8(2)9(3)11(12)7-10/h10H,4-7H2,1-3H3. The Kier molecular flexibility index (Phi) is 3.07. The molecule has 0 aromatic heterocycles. The van der Waals surface area contributed by atoms with Crippen LogP contribution in [0.2, 0.25) is 0 Å². The van der Waals surface area contributed by atoms with E-state index in [4.69, 9.17) is 0 Å². The van der Waals surface area contributed by atoms with Gasteiger partial charge in [0.1, 0.15) is 0 Å². The van der Waals surface area contributed by atoms with Crippen LogP contribution in [0.25, 0.3) is 0 Å². The van der Waals surface area contributed by atoms with E-state index in [-0.39, 0.29) is 0 Å². The summed E-state index contributed by atoms with van der Waals surface area (Å²) in [4.78, 5) is 11.4. The van der Waals surface area contributed by atoms with Crippen molar-refractivity contribution in [2.24, 2.45) is 5.92 Å². The average molecular weight is 166 g/mol. The molecule has 0 fully saturated rings. The number of rotatable bonds is 2. The average Bonchev–Trinajstić information content (AvgIpc) is 2.01. The molecule has 0 saturated heterocycles. The summed E-state index contributed by atoms with van der Waals surface area (Å²) in [5.74, 6) is 1.00. The molecule has 0 aliphatic heterocycles. The second-order valence-electron chi connectivity index (χ2n) is 3.89. The van der Waals surface area contributed by atoms with Crippen LogP contribution >= 0.6 is 0 Å². The highest BCUT2D eigenvalue weighted by Gasteiger charge is 2.21. The van der Waals surface area contributed by atoms with Gasteiger partial charge in [-0.25, -0.2) is 0 Å². The van der Waals surface area contributed by atoms with Crippen molar-refractivity contribution in [3.05, 3.63) is 11.1 Å². The molecule has 1 nitrogen and oxygen atoms in total. The van der Waals surface area contributed by atoms with E-state index in [0.29, 0.717) is 11.7 Å². The van der Waals surface area contributed by atoms with Crippen LogP contribution in [0.5, 0.6) is 0 Å². The largest absolute Gasteiger partial charge is 0.295 e. The highest BCUT2D eigenvalue weighted by molar-refractivity contribution is 5.96. The van der Waals surface area contributed by atoms with Crippen molar-refractivity contribution in [2.45, 2.75) is 46.5 Å². The van der Waals surface area contributed by atoms with Crippen molar-refractivity contribution in [3.8, 4) is 0 Å². The summed E-state index contributed by atoms with van der Waals surface area (Å²) in [6.07, 6.45) is 4.34. The van der Waals surface area contributed by atoms with Crippen molar-refractivity contribution >= 4 is 5.78 Å². The van der Waals surface area contributed by atoms with Gasteiger partial charge in [0.25, 0.3) is 0 Å². The van der Waals surface area contributed by atoms with Crippen molar-refractivity contribution < 1.29 is 4.79 Å². The predicted molar refractivity (Wildman–Crippen MR) is 51.0 cm³/mol. The van der Waals surface area contributed by atoms with Gasteiger partial charge in [-0.2, -0.15) is 0 Å². The molecule has 0 bridgehead atoms. The van der Waals surface area contributed by atoms with E-state index < -0.39 is 0 Å². The molecular formula is C11H18O. The Morgan fingerprint density at radius 3 is 2.50 bits per heavy atom. The molecule has 1 aliphatic carbocycles. The van der Waals surface area contributed by atoms with Gasteiger partial charge in [0.2, 0.25) is 0 Å². The molecule has 12 heavy (non-hydrogen) atoms. The van der Waals surface area contributed by atoms with E-state index in [9.17, 15) is 4.79 Å². The van der Waals surface area contributed by atoms with Crippen LogP contribution in [0.3, 0.4) is 0 Å². The monoisotopic (exact) mass is 166 g/mol. The Bertz CT molecular complexity index is 213. The number of Topliss-reactive ketones (excluding diaryl/α,β-unsaturated/α-hetero) is 1. The lowest BCUT2D eigenvalue weighted by atomic mass is 9.82. The quantitative estimate of drug-likeness (QED) is 0.616. The van der Waals surface area contributed by atoms with Gasteiger partial charge in [-0.1, -0.05) is 18.9 Å². The van der Waals surface area contributed by atoms with Gasteiger partial charge in [-0.05, 0) is 38.2 Å². The van der Waals surface area contributed by atoms with Crippen LogP contribution in [0, 0.1) is 5.92 Å². The third-order valence-electron chi connectivity index (χ3n) is 2.82. The highest BCUT2D eigenvalue weighted by Crippen LogP contribution is 2.29. The molecule has 68 valence electrons. The number of carbonyl (C=O) groups excluding carboxylic acids is 1. The molecule has 0 heterocycles. The zero-order valence-corrected chi connectivity index (χ0v) is 8.31. The molecule has 1 heteroatoms. The highest BCUT2D eigenvalue weighted by atomic mass is 16.1. The third-order valence-corrected chi connectivity index (χ3v) is 2.82. The topological polar surface area (TPSA) is 17.1 Å². The number of ketones is 1. The summed E-state index contributed by atoms with van der Waals surface area (Å²) < 4.78 is 0. The Balaban J connectivity index is 2.65. The van der Waals surface area contributed by atoms with E-state index in [1.165, 1.54) is 18.4 Å². The maximum atomic E-state index is 11.4. The maximum absolute atomic E-state index is 11.4. The molecule has 0 radical (unpaired) electrons. The third kappa shape index (κ3) is 1.96. The molecule has 0 N–H and O–H groups in total. The number of carbonyl (C=O) groups is 1. The molecule has 1 unspecified atom stereocenters. The van der Waals surface area contributed by atoms with Gasteiger partial charge in [-0.3, -0.25) is 4.79 Å². The molecule has 0 aromatic carbocycles. The molecule has 1 atom stereocenters. The lowest BCUT2D eigenvalue weighted by Crippen LogP contribution is -2.16. The number of allylic oxidation sites excluding steroid dienone is 2. The second kappa shape index (κ2) is 3.88. The maximum Gasteiger partial charge on any atom is 0.158 e. The second-order valence-corrected chi connectivity index (χ2v) is 3.89. The van der Waals surface area contributed by atoms with Gasteiger partial charge in [-0.15, -0.1) is 0 Å². The fraction of sp³-hybridized carbons (Fsp3) is 0.727. The van der Waals surface area contributed by atoms with Gasteiger partial charge in [0.05, 0.1) is 0 Å². The Hall–Kier alpha value is -0.590. The summed E-state index contributed by atoms with van der Waals surface area (Å²) in [7, 11) is 0. The van der Waals surface area contributed by atoms with E-state index in [1.54, 1.807) is 0 Å². The first-order valence-electron chi connectivity index (χ1n) is 4.84. The first-order valence-corrected chi connectivity index (χ1v) is 4.84. The minimum Gasteiger partial charge on any atom is -0.295 e. The van der Waals surface area contributed by atoms with Crippen LogP contribution < -0.4 is 0 Å². The van der Waals surface area contributed by atoms with E-state index in [1.807, 2.05) is 6.92 Å². The van der Waals surface area contributed by atoms with Crippen molar-refractivity contribution in [1.29, 1.82) is 0 Å². The molecule has 1 aliphatic rings. The van der Waals surface area contributed by atoms with Crippen LogP contribution in [0.4, 0.5) is 0 Å². The summed E-state index contributed by atoms with van der Waals surface area (Å²) in [5, 5.41) is 0. The van der Waals surface area contributed by atoms with Crippen LogP contribution in [-0.4, -0.2) is 5.78 Å². The smallest absolute Gasteiger partial charge is 0.158 e. The van der Waals surface area contributed by atoms with E-state index in [0.717, 1.165) is 18.4 Å². The Morgan fingerprint density at radius 2 is 2.00 bits per heavy atom. The summed E-state index contributed by atoms with van der Waals surface area (Å²) >= 11 is 0. The first-order chi connectivity index (χ1) is 5.65. The van der Waals surface area contributed by atoms with E-state index >= 15 is 0 Å². The van der Waals surface area contributed by atoms with Crippen molar-refractivity contribution in [3.63, 3.8) is 0 Å². The molecule has 1 rings (SSSR count). The normalized spacial score (nSPS) is 24.9. The van der Waals surface area contributed by atoms with Crippen LogP contribution in [0.1, 0.15) is 46.5 Å². The summed E-state index contributed by atoms with van der Waals surface area (Å²) in [5.41, 5.74) is 2.33. The van der Waals surface area contributed by atoms with Crippen molar-refractivity contribution in [2.75, 3.05) is 0 Å². The number of hydrogen-bond donors (Lipinski definition) is 0.